The molecule has 2 aromatic carbocycles. The van der Waals surface area contributed by atoms with Gasteiger partial charge in [-0.3, -0.25) is 14.7 Å². The maximum absolute atomic E-state index is 13.5. The number of amides is 1. The van der Waals surface area contributed by atoms with Crippen LogP contribution in [0, 0.1) is 0 Å². The number of aromatic nitrogens is 2. The van der Waals surface area contributed by atoms with Crippen molar-refractivity contribution in [1.29, 1.82) is 0 Å². The average molecular weight is 468 g/mol. The number of sulfone groups is 1. The zero-order valence-corrected chi connectivity index (χ0v) is 19.2. The zero-order chi connectivity index (χ0) is 22.7. The standard InChI is InChI=1S/C23H21N3O4S2/c1-3-32(28,29)19-10-7-16(8-11-19)22(27)26(15-17-6-4-5-13-24-17)23-25-20-14-18(30-2)9-12-21(20)31-23/h4-14H,3,15H2,1-2H3. The highest BCUT2D eigenvalue weighted by Crippen LogP contribution is 2.32. The number of ether oxygens (including phenoxy) is 1. The number of pyridine rings is 1. The lowest BCUT2D eigenvalue weighted by molar-refractivity contribution is 0.0984. The summed E-state index contributed by atoms with van der Waals surface area (Å²) in [7, 11) is -1.75. The minimum atomic E-state index is -3.34. The van der Waals surface area contributed by atoms with Crippen molar-refractivity contribution in [1.82, 2.24) is 9.97 Å². The number of carbonyl (C=O) groups excluding carboxylic acids is 1. The topological polar surface area (TPSA) is 89.5 Å². The Balaban J connectivity index is 1.73. The molecule has 0 spiro atoms. The zero-order valence-electron chi connectivity index (χ0n) is 17.6. The molecule has 0 aliphatic heterocycles. The van der Waals surface area contributed by atoms with Gasteiger partial charge in [0, 0.05) is 17.8 Å². The van der Waals surface area contributed by atoms with Crippen LogP contribution in [-0.4, -0.2) is 37.2 Å². The lowest BCUT2D eigenvalue weighted by Crippen LogP contribution is -2.30. The molecule has 0 bridgehead atoms. The van der Waals surface area contributed by atoms with Crippen LogP contribution < -0.4 is 9.64 Å². The van der Waals surface area contributed by atoms with Gasteiger partial charge in [-0.05, 0) is 48.5 Å². The second kappa shape index (κ2) is 9.05. The van der Waals surface area contributed by atoms with Crippen LogP contribution in [-0.2, 0) is 16.4 Å². The third kappa shape index (κ3) is 4.49. The number of thiazole rings is 1. The quantitative estimate of drug-likeness (QED) is 0.402. The Labute approximate surface area is 190 Å². The maximum atomic E-state index is 13.5. The highest BCUT2D eigenvalue weighted by Gasteiger charge is 2.23. The van der Waals surface area contributed by atoms with Crippen molar-refractivity contribution >= 4 is 42.4 Å². The third-order valence-electron chi connectivity index (χ3n) is 4.95. The highest BCUT2D eigenvalue weighted by molar-refractivity contribution is 7.91. The molecule has 0 fully saturated rings. The number of nitrogens with zero attached hydrogens (tertiary/aromatic N) is 3. The summed E-state index contributed by atoms with van der Waals surface area (Å²) in [6.07, 6.45) is 1.67. The third-order valence-corrected chi connectivity index (χ3v) is 7.76. The van der Waals surface area contributed by atoms with Gasteiger partial charge in [0.15, 0.2) is 15.0 Å². The summed E-state index contributed by atoms with van der Waals surface area (Å²) < 4.78 is 30.4. The van der Waals surface area contributed by atoms with E-state index in [1.54, 1.807) is 25.1 Å². The number of carbonyl (C=O) groups is 1. The van der Waals surface area contributed by atoms with Gasteiger partial charge in [-0.15, -0.1) is 0 Å². The van der Waals surface area contributed by atoms with E-state index < -0.39 is 9.84 Å². The first-order valence-corrected chi connectivity index (χ1v) is 12.4. The monoisotopic (exact) mass is 467 g/mol. The van der Waals surface area contributed by atoms with E-state index in [2.05, 4.69) is 9.97 Å². The van der Waals surface area contributed by atoms with E-state index in [1.165, 1.54) is 35.6 Å². The lowest BCUT2D eigenvalue weighted by Gasteiger charge is -2.19. The van der Waals surface area contributed by atoms with Crippen LogP contribution in [0.5, 0.6) is 5.75 Å². The molecule has 0 aliphatic carbocycles. The molecule has 0 N–H and O–H groups in total. The summed E-state index contributed by atoms with van der Waals surface area (Å²) in [5, 5.41) is 0.522. The first kappa shape index (κ1) is 21.9. The Bertz CT molecular complexity index is 1350. The van der Waals surface area contributed by atoms with Crippen molar-refractivity contribution in [3.05, 3.63) is 78.1 Å². The molecule has 1 amide bonds. The van der Waals surface area contributed by atoms with E-state index in [9.17, 15) is 13.2 Å². The Morgan fingerprint density at radius 1 is 1.09 bits per heavy atom. The number of fused-ring (bicyclic) bond motifs is 1. The minimum Gasteiger partial charge on any atom is -0.497 e. The molecule has 0 unspecified atom stereocenters. The Kier molecular flexibility index (Phi) is 6.20. The number of rotatable bonds is 7. The second-order valence-electron chi connectivity index (χ2n) is 6.97. The number of hydrogen-bond donors (Lipinski definition) is 0. The predicted molar refractivity (Wildman–Crippen MR) is 125 cm³/mol. The molecule has 2 aromatic heterocycles. The normalized spacial score (nSPS) is 11.4. The van der Waals surface area contributed by atoms with Crippen LogP contribution in [0.15, 0.2) is 71.8 Å². The van der Waals surface area contributed by atoms with Crippen LogP contribution in [0.25, 0.3) is 10.2 Å². The molecule has 4 rings (SSSR count). The first-order valence-electron chi connectivity index (χ1n) is 9.90. The van der Waals surface area contributed by atoms with Crippen LogP contribution in [0.3, 0.4) is 0 Å². The van der Waals surface area contributed by atoms with Crippen LogP contribution in [0.1, 0.15) is 23.0 Å². The summed E-state index contributed by atoms with van der Waals surface area (Å²) in [5.74, 6) is 0.396. The van der Waals surface area contributed by atoms with Gasteiger partial charge in [0.2, 0.25) is 0 Å². The minimum absolute atomic E-state index is 0.00125. The van der Waals surface area contributed by atoms with Gasteiger partial charge in [0.25, 0.3) is 5.91 Å². The predicted octanol–water partition coefficient (Wildman–Crippen LogP) is 4.34. The number of benzene rings is 2. The molecular formula is C23H21N3O4S2. The molecule has 0 saturated heterocycles. The van der Waals surface area contributed by atoms with E-state index in [1.807, 2.05) is 36.4 Å². The van der Waals surface area contributed by atoms with Crippen LogP contribution in [0.2, 0.25) is 0 Å². The fourth-order valence-electron chi connectivity index (χ4n) is 3.14. The smallest absolute Gasteiger partial charge is 0.260 e. The fraction of sp³-hybridized carbons (Fsp3) is 0.174. The average Bonchev–Trinajstić information content (AvgIpc) is 3.25. The van der Waals surface area contributed by atoms with Crippen molar-refractivity contribution in [3.8, 4) is 5.75 Å². The molecule has 4 aromatic rings. The summed E-state index contributed by atoms with van der Waals surface area (Å²) in [5.41, 5.74) is 1.81. The highest BCUT2D eigenvalue weighted by atomic mass is 32.2. The van der Waals surface area contributed by atoms with Crippen molar-refractivity contribution in [2.75, 3.05) is 17.8 Å². The van der Waals surface area contributed by atoms with E-state index in [0.717, 1.165) is 10.2 Å². The molecule has 7 nitrogen and oxygen atoms in total. The van der Waals surface area contributed by atoms with Gasteiger partial charge in [-0.1, -0.05) is 24.3 Å². The Morgan fingerprint density at radius 2 is 1.88 bits per heavy atom. The van der Waals surface area contributed by atoms with Gasteiger partial charge >= 0.3 is 0 Å². The molecule has 0 atom stereocenters. The number of hydrogen-bond acceptors (Lipinski definition) is 7. The summed E-state index contributed by atoms with van der Waals surface area (Å²) >= 11 is 1.39. The molecule has 0 saturated carbocycles. The first-order chi connectivity index (χ1) is 15.4. The maximum Gasteiger partial charge on any atom is 0.260 e. The largest absolute Gasteiger partial charge is 0.497 e. The summed E-state index contributed by atoms with van der Waals surface area (Å²) in [6.45, 7) is 1.82. The van der Waals surface area contributed by atoms with E-state index >= 15 is 0 Å². The molecular weight excluding hydrogens is 446 g/mol. The Hall–Kier alpha value is -3.30. The van der Waals surface area contributed by atoms with E-state index in [4.69, 9.17) is 4.74 Å². The SMILES string of the molecule is CCS(=O)(=O)c1ccc(C(=O)N(Cc2ccccn2)c2nc3cc(OC)ccc3s2)cc1. The van der Waals surface area contributed by atoms with Crippen molar-refractivity contribution in [2.45, 2.75) is 18.4 Å². The molecule has 32 heavy (non-hydrogen) atoms. The number of anilines is 1. The van der Waals surface area contributed by atoms with Gasteiger partial charge in [0.05, 0.1) is 40.2 Å². The van der Waals surface area contributed by atoms with E-state index in [-0.39, 0.29) is 23.1 Å². The molecule has 2 heterocycles. The van der Waals surface area contributed by atoms with Gasteiger partial charge in [-0.25, -0.2) is 13.4 Å². The second-order valence-corrected chi connectivity index (χ2v) is 10.3. The lowest BCUT2D eigenvalue weighted by atomic mass is 10.2. The van der Waals surface area contributed by atoms with Crippen LogP contribution in [0.4, 0.5) is 5.13 Å². The van der Waals surface area contributed by atoms with Crippen molar-refractivity contribution in [3.63, 3.8) is 0 Å². The van der Waals surface area contributed by atoms with Crippen molar-refractivity contribution < 1.29 is 17.9 Å². The fourth-order valence-corrected chi connectivity index (χ4v) is 4.97. The van der Waals surface area contributed by atoms with Crippen LogP contribution >= 0.6 is 11.3 Å². The molecule has 0 radical (unpaired) electrons. The van der Waals surface area contributed by atoms with Crippen molar-refractivity contribution in [2.24, 2.45) is 0 Å². The number of methoxy groups -OCH3 is 1. The van der Waals surface area contributed by atoms with Gasteiger partial charge in [0.1, 0.15) is 5.75 Å². The summed E-state index contributed by atoms with van der Waals surface area (Å²) in [6, 6.07) is 17.1. The van der Waals surface area contributed by atoms with Gasteiger partial charge < -0.3 is 4.74 Å². The van der Waals surface area contributed by atoms with Gasteiger partial charge in [-0.2, -0.15) is 0 Å². The Morgan fingerprint density at radius 3 is 2.53 bits per heavy atom. The van der Waals surface area contributed by atoms with E-state index in [0.29, 0.717) is 22.1 Å². The summed E-state index contributed by atoms with van der Waals surface area (Å²) in [4.78, 5) is 24.2. The molecule has 9 heteroatoms. The molecule has 164 valence electrons. The molecule has 0 aliphatic rings.